The molecule has 1 saturated heterocycles. The van der Waals surface area contributed by atoms with Crippen LogP contribution in [0.1, 0.15) is 41.1 Å². The Kier molecular flexibility index (Phi) is 3.88. The van der Waals surface area contributed by atoms with Gasteiger partial charge in [0, 0.05) is 18.7 Å². The maximum atomic E-state index is 14.0. The van der Waals surface area contributed by atoms with Crippen LogP contribution in [0.2, 0.25) is 0 Å². The molecule has 2 unspecified atom stereocenters. The number of benzene rings is 3. The fraction of sp³-hybridized carbons (Fsp3) is 0.259. The summed E-state index contributed by atoms with van der Waals surface area (Å²) in [6.07, 6.45) is 1.85. The van der Waals surface area contributed by atoms with Crippen LogP contribution < -0.4 is 9.80 Å². The minimum absolute atomic E-state index is 0.0849. The molecule has 1 spiro atoms. The summed E-state index contributed by atoms with van der Waals surface area (Å²) >= 11 is 0. The predicted molar refractivity (Wildman–Crippen MR) is 121 cm³/mol. The van der Waals surface area contributed by atoms with Gasteiger partial charge in [0.25, 0.3) is 0 Å². The molecule has 4 nitrogen and oxygen atoms in total. The van der Waals surface area contributed by atoms with Gasteiger partial charge in [0.15, 0.2) is 0 Å². The van der Waals surface area contributed by atoms with Crippen molar-refractivity contribution in [2.24, 2.45) is 0 Å². The summed E-state index contributed by atoms with van der Waals surface area (Å²) in [5, 5.41) is 0. The van der Waals surface area contributed by atoms with Crippen LogP contribution in [0.4, 0.5) is 11.4 Å². The third-order valence-electron chi connectivity index (χ3n) is 7.26. The van der Waals surface area contributed by atoms with Crippen LogP contribution in [-0.2, 0) is 21.4 Å². The Morgan fingerprint density at radius 2 is 1.74 bits per heavy atom. The van der Waals surface area contributed by atoms with Gasteiger partial charge in [-0.3, -0.25) is 9.59 Å². The third-order valence-corrected chi connectivity index (χ3v) is 7.26. The summed E-state index contributed by atoms with van der Waals surface area (Å²) in [5.41, 5.74) is 5.64. The van der Waals surface area contributed by atoms with E-state index in [1.54, 1.807) is 0 Å². The van der Waals surface area contributed by atoms with E-state index < -0.39 is 5.41 Å². The molecule has 0 radical (unpaired) electrons. The number of rotatable bonds is 1. The Balaban J connectivity index is 1.52. The topological polar surface area (TPSA) is 40.6 Å². The maximum absolute atomic E-state index is 14.0. The average molecular weight is 409 g/mol. The van der Waals surface area contributed by atoms with E-state index in [1.807, 2.05) is 43.3 Å². The number of aryl methyl sites for hydroxylation is 1. The van der Waals surface area contributed by atoms with Crippen LogP contribution in [0.15, 0.2) is 72.8 Å². The second-order valence-corrected chi connectivity index (χ2v) is 9.01. The first kappa shape index (κ1) is 18.4. The number of hydrogen-bond acceptors (Lipinski definition) is 3. The average Bonchev–Trinajstić information content (AvgIpc) is 3.03. The van der Waals surface area contributed by atoms with Gasteiger partial charge >= 0.3 is 0 Å². The first-order valence-electron chi connectivity index (χ1n) is 11.0. The van der Waals surface area contributed by atoms with Gasteiger partial charge in [-0.2, -0.15) is 0 Å². The van der Waals surface area contributed by atoms with Crippen molar-refractivity contribution in [2.45, 2.75) is 37.6 Å². The summed E-state index contributed by atoms with van der Waals surface area (Å²) in [7, 11) is 0. The molecule has 2 atom stereocenters. The first-order chi connectivity index (χ1) is 15.1. The largest absolute Gasteiger partial charge is 0.364 e. The molecule has 0 saturated carbocycles. The molecule has 154 valence electrons. The van der Waals surface area contributed by atoms with Gasteiger partial charge in [-0.05, 0) is 60.2 Å². The lowest BCUT2D eigenvalue weighted by atomic mass is 9.68. The van der Waals surface area contributed by atoms with E-state index in [-0.39, 0.29) is 24.3 Å². The Hall–Kier alpha value is -3.40. The summed E-state index contributed by atoms with van der Waals surface area (Å²) < 4.78 is 0. The monoisotopic (exact) mass is 408 g/mol. The Labute approximate surface area is 182 Å². The molecule has 2 amide bonds. The van der Waals surface area contributed by atoms with Gasteiger partial charge in [-0.25, -0.2) is 4.90 Å². The van der Waals surface area contributed by atoms with Crippen molar-refractivity contribution in [2.75, 3.05) is 16.3 Å². The number of carbonyl (C=O) groups is 2. The number of amides is 2. The molecular weight excluding hydrogens is 384 g/mol. The van der Waals surface area contributed by atoms with E-state index in [0.717, 1.165) is 29.8 Å². The van der Waals surface area contributed by atoms with Crippen molar-refractivity contribution in [1.29, 1.82) is 0 Å². The minimum Gasteiger partial charge on any atom is -0.364 e. The fourth-order valence-electron chi connectivity index (χ4n) is 5.87. The van der Waals surface area contributed by atoms with Gasteiger partial charge in [0.05, 0.1) is 17.1 Å². The standard InChI is InChI=1S/C27H24N2O2/c1-18-7-6-9-20(15-18)29-25(30)17-27(26(29)31)16-24-21-10-3-2-8-19(21)13-14-28(24)23-12-5-4-11-22(23)27/h2-12,15,24H,13-14,16-17H2,1H3. The third kappa shape index (κ3) is 2.54. The molecular formula is C27H24N2O2. The molecule has 3 aliphatic heterocycles. The lowest BCUT2D eigenvalue weighted by molar-refractivity contribution is -0.123. The lowest BCUT2D eigenvalue weighted by Gasteiger charge is -2.48. The van der Waals surface area contributed by atoms with E-state index in [4.69, 9.17) is 0 Å². The smallest absolute Gasteiger partial charge is 0.245 e. The van der Waals surface area contributed by atoms with E-state index in [2.05, 4.69) is 41.3 Å². The Morgan fingerprint density at radius 3 is 2.61 bits per heavy atom. The van der Waals surface area contributed by atoms with E-state index in [1.165, 1.54) is 16.0 Å². The molecule has 4 heteroatoms. The molecule has 0 N–H and O–H groups in total. The van der Waals surface area contributed by atoms with Crippen molar-refractivity contribution in [3.8, 4) is 0 Å². The second-order valence-electron chi connectivity index (χ2n) is 9.01. The van der Waals surface area contributed by atoms with E-state index in [0.29, 0.717) is 12.1 Å². The summed E-state index contributed by atoms with van der Waals surface area (Å²) in [5.74, 6) is -0.193. The second kappa shape index (κ2) is 6.55. The van der Waals surface area contributed by atoms with Crippen molar-refractivity contribution in [3.63, 3.8) is 0 Å². The molecule has 3 aromatic carbocycles. The summed E-state index contributed by atoms with van der Waals surface area (Å²) in [6, 6.07) is 24.5. The van der Waals surface area contributed by atoms with Gasteiger partial charge in [-0.15, -0.1) is 0 Å². The predicted octanol–water partition coefficient (Wildman–Crippen LogP) is 4.70. The zero-order valence-corrected chi connectivity index (χ0v) is 17.5. The van der Waals surface area contributed by atoms with Crippen LogP contribution in [-0.4, -0.2) is 18.4 Å². The van der Waals surface area contributed by atoms with E-state index >= 15 is 0 Å². The normalized spacial score (nSPS) is 24.2. The quantitative estimate of drug-likeness (QED) is 0.548. The molecule has 3 heterocycles. The van der Waals surface area contributed by atoms with Crippen LogP contribution in [0.25, 0.3) is 0 Å². The number of fused-ring (bicyclic) bond motifs is 6. The van der Waals surface area contributed by atoms with Crippen LogP contribution in [0.5, 0.6) is 0 Å². The number of nitrogens with zero attached hydrogens (tertiary/aromatic N) is 2. The number of imide groups is 1. The number of anilines is 2. The lowest BCUT2D eigenvalue weighted by Crippen LogP contribution is -2.49. The highest BCUT2D eigenvalue weighted by atomic mass is 16.2. The fourth-order valence-corrected chi connectivity index (χ4v) is 5.87. The van der Waals surface area contributed by atoms with Crippen molar-refractivity contribution in [1.82, 2.24) is 0 Å². The maximum Gasteiger partial charge on any atom is 0.245 e. The highest BCUT2D eigenvalue weighted by Gasteiger charge is 2.58. The minimum atomic E-state index is -0.816. The first-order valence-corrected chi connectivity index (χ1v) is 11.0. The van der Waals surface area contributed by atoms with Gasteiger partial charge in [0.2, 0.25) is 11.8 Å². The summed E-state index contributed by atoms with van der Waals surface area (Å²) in [6.45, 7) is 2.91. The van der Waals surface area contributed by atoms with Gasteiger partial charge < -0.3 is 4.90 Å². The van der Waals surface area contributed by atoms with Gasteiger partial charge in [-0.1, -0.05) is 54.6 Å². The zero-order valence-electron chi connectivity index (χ0n) is 17.5. The van der Waals surface area contributed by atoms with Crippen LogP contribution >= 0.6 is 0 Å². The SMILES string of the molecule is Cc1cccc(N2C(=O)CC3(CC4c5ccccc5CCN4c4ccccc43)C2=O)c1. The Bertz CT molecular complexity index is 1230. The van der Waals surface area contributed by atoms with Crippen molar-refractivity contribution < 1.29 is 9.59 Å². The highest BCUT2D eigenvalue weighted by molar-refractivity contribution is 6.25. The number of carbonyl (C=O) groups excluding carboxylic acids is 2. The highest BCUT2D eigenvalue weighted by Crippen LogP contribution is 2.54. The van der Waals surface area contributed by atoms with Crippen LogP contribution in [0.3, 0.4) is 0 Å². The molecule has 3 aromatic rings. The number of hydrogen-bond donors (Lipinski definition) is 0. The molecule has 31 heavy (non-hydrogen) atoms. The zero-order chi connectivity index (χ0) is 21.2. The molecule has 0 aliphatic carbocycles. The van der Waals surface area contributed by atoms with Crippen LogP contribution in [0, 0.1) is 6.92 Å². The Morgan fingerprint density at radius 1 is 0.935 bits per heavy atom. The molecule has 1 fully saturated rings. The van der Waals surface area contributed by atoms with Crippen molar-refractivity contribution in [3.05, 3.63) is 95.1 Å². The molecule has 6 rings (SSSR count). The summed E-state index contributed by atoms with van der Waals surface area (Å²) in [4.78, 5) is 31.2. The number of para-hydroxylation sites is 1. The van der Waals surface area contributed by atoms with Gasteiger partial charge in [0.1, 0.15) is 0 Å². The molecule has 0 aromatic heterocycles. The van der Waals surface area contributed by atoms with E-state index in [9.17, 15) is 9.59 Å². The van der Waals surface area contributed by atoms with Crippen molar-refractivity contribution >= 4 is 23.2 Å². The molecule has 3 aliphatic rings. The molecule has 0 bridgehead atoms.